The maximum absolute atomic E-state index is 4.16. The van der Waals surface area contributed by atoms with Crippen molar-refractivity contribution in [1.29, 1.82) is 0 Å². The molecule has 1 aromatic heterocycles. The number of rotatable bonds is 3. The van der Waals surface area contributed by atoms with Gasteiger partial charge in [-0.1, -0.05) is 78.9 Å². The monoisotopic (exact) mass is 326 g/mol. The summed E-state index contributed by atoms with van der Waals surface area (Å²) in [6.45, 7) is 1.99. The molecule has 0 saturated carbocycles. The van der Waals surface area contributed by atoms with Crippen molar-refractivity contribution in [1.82, 2.24) is 9.55 Å². The molecule has 0 aliphatic carbocycles. The van der Waals surface area contributed by atoms with E-state index in [9.17, 15) is 0 Å². The van der Waals surface area contributed by atoms with Crippen LogP contribution in [0.3, 0.4) is 0 Å². The molecule has 2 nitrogen and oxygen atoms in total. The summed E-state index contributed by atoms with van der Waals surface area (Å²) < 4.78 is 2.01. The fraction of sp³-hybridized carbons (Fsp3) is 0.0870. The van der Waals surface area contributed by atoms with E-state index in [0.29, 0.717) is 0 Å². The molecule has 0 unspecified atom stereocenters. The van der Waals surface area contributed by atoms with Crippen LogP contribution in [0.25, 0.3) is 5.69 Å². The lowest BCUT2D eigenvalue weighted by atomic mass is 10.1. The van der Waals surface area contributed by atoms with Gasteiger partial charge in [-0.2, -0.15) is 0 Å². The molecule has 0 amide bonds. The van der Waals surface area contributed by atoms with Gasteiger partial charge in [-0.3, -0.25) is 0 Å². The third-order valence-corrected chi connectivity index (χ3v) is 3.86. The molecule has 0 saturated heterocycles. The van der Waals surface area contributed by atoms with Crippen molar-refractivity contribution in [3.63, 3.8) is 0 Å². The second kappa shape index (κ2) is 8.65. The summed E-state index contributed by atoms with van der Waals surface area (Å²) in [7, 11) is 0. The van der Waals surface area contributed by atoms with E-state index in [-0.39, 0.29) is 0 Å². The van der Waals surface area contributed by atoms with Crippen LogP contribution in [0, 0.1) is 6.92 Å². The Morgan fingerprint density at radius 3 is 1.60 bits per heavy atom. The molecule has 4 aromatic rings. The second-order valence-corrected chi connectivity index (χ2v) is 5.91. The van der Waals surface area contributed by atoms with Crippen LogP contribution in [0.2, 0.25) is 0 Å². The summed E-state index contributed by atoms with van der Waals surface area (Å²) in [5, 5.41) is 0. The van der Waals surface area contributed by atoms with Crippen LogP contribution in [0.4, 0.5) is 0 Å². The normalized spacial score (nSPS) is 9.96. The molecule has 124 valence electrons. The van der Waals surface area contributed by atoms with Crippen LogP contribution in [0.15, 0.2) is 104 Å². The second-order valence-electron chi connectivity index (χ2n) is 5.91. The van der Waals surface area contributed by atoms with Crippen molar-refractivity contribution < 1.29 is 0 Å². The molecule has 0 radical (unpaired) electrons. The quantitative estimate of drug-likeness (QED) is 0.489. The number of aryl methyl sites for hydroxylation is 1. The molecule has 4 rings (SSSR count). The van der Waals surface area contributed by atoms with E-state index >= 15 is 0 Å². The number of imidazole rings is 1. The van der Waals surface area contributed by atoms with Crippen LogP contribution in [-0.2, 0) is 6.42 Å². The fourth-order valence-corrected chi connectivity index (χ4v) is 2.59. The average molecular weight is 326 g/mol. The molecule has 0 bridgehead atoms. The first kappa shape index (κ1) is 16.7. The highest BCUT2D eigenvalue weighted by molar-refractivity contribution is 5.31. The Hall–Kier alpha value is -3.13. The predicted octanol–water partition coefficient (Wildman–Crippen LogP) is 5.46. The summed E-state index contributed by atoms with van der Waals surface area (Å²) in [5.74, 6) is 0. The standard InChI is InChI=1S/C13H12.C10H10N2/c1-3-7-12(8-4-1)11-13-9-5-2-6-10-13;1-9-7-12(8-11-9)10-5-3-2-4-6-10/h1-10H,11H2;2-8H,1H3. The number of para-hydroxylation sites is 1. The Kier molecular flexibility index (Phi) is 5.78. The maximum atomic E-state index is 4.16. The molecule has 0 atom stereocenters. The minimum Gasteiger partial charge on any atom is -0.306 e. The molecular formula is C23H22N2. The van der Waals surface area contributed by atoms with Gasteiger partial charge in [0.15, 0.2) is 0 Å². The first-order valence-electron chi connectivity index (χ1n) is 8.45. The van der Waals surface area contributed by atoms with Gasteiger partial charge < -0.3 is 4.57 Å². The van der Waals surface area contributed by atoms with E-state index in [1.54, 1.807) is 0 Å². The highest BCUT2D eigenvalue weighted by atomic mass is 15.0. The van der Waals surface area contributed by atoms with Gasteiger partial charge in [0.1, 0.15) is 0 Å². The molecular weight excluding hydrogens is 304 g/mol. The summed E-state index contributed by atoms with van der Waals surface area (Å²) in [6.07, 6.45) is 4.86. The van der Waals surface area contributed by atoms with E-state index < -0.39 is 0 Å². The van der Waals surface area contributed by atoms with Crippen LogP contribution in [0.5, 0.6) is 0 Å². The van der Waals surface area contributed by atoms with Crippen LogP contribution >= 0.6 is 0 Å². The maximum Gasteiger partial charge on any atom is 0.0995 e. The van der Waals surface area contributed by atoms with Crippen LogP contribution in [-0.4, -0.2) is 9.55 Å². The van der Waals surface area contributed by atoms with Gasteiger partial charge >= 0.3 is 0 Å². The zero-order valence-corrected chi connectivity index (χ0v) is 14.4. The molecule has 0 aliphatic heterocycles. The van der Waals surface area contributed by atoms with Crippen molar-refractivity contribution in [2.45, 2.75) is 13.3 Å². The van der Waals surface area contributed by atoms with Crippen LogP contribution < -0.4 is 0 Å². The van der Waals surface area contributed by atoms with Crippen molar-refractivity contribution in [2.24, 2.45) is 0 Å². The molecule has 25 heavy (non-hydrogen) atoms. The largest absolute Gasteiger partial charge is 0.306 e. The van der Waals surface area contributed by atoms with Crippen LogP contribution in [0.1, 0.15) is 16.8 Å². The topological polar surface area (TPSA) is 17.8 Å². The van der Waals surface area contributed by atoms with E-state index in [1.165, 1.54) is 11.1 Å². The van der Waals surface area contributed by atoms with Gasteiger partial charge in [-0.05, 0) is 36.6 Å². The summed E-state index contributed by atoms with van der Waals surface area (Å²) >= 11 is 0. The molecule has 0 fully saturated rings. The molecule has 0 aliphatic rings. The summed E-state index contributed by atoms with van der Waals surface area (Å²) in [4.78, 5) is 4.16. The van der Waals surface area contributed by atoms with E-state index in [0.717, 1.165) is 17.8 Å². The predicted molar refractivity (Wildman–Crippen MR) is 104 cm³/mol. The zero-order chi connectivity index (χ0) is 17.3. The van der Waals surface area contributed by atoms with Crippen molar-refractivity contribution in [2.75, 3.05) is 0 Å². The number of benzene rings is 3. The highest BCUT2D eigenvalue weighted by Crippen LogP contribution is 2.08. The average Bonchev–Trinajstić information content (AvgIpc) is 3.11. The van der Waals surface area contributed by atoms with E-state index in [1.807, 2.05) is 42.2 Å². The third kappa shape index (κ3) is 5.18. The van der Waals surface area contributed by atoms with Gasteiger partial charge in [-0.25, -0.2) is 4.98 Å². The minimum atomic E-state index is 1.03. The lowest BCUT2D eigenvalue weighted by Crippen LogP contribution is -1.87. The Morgan fingerprint density at radius 1 is 0.680 bits per heavy atom. The highest BCUT2D eigenvalue weighted by Gasteiger charge is 1.94. The van der Waals surface area contributed by atoms with Gasteiger partial charge in [-0.15, -0.1) is 0 Å². The van der Waals surface area contributed by atoms with E-state index in [2.05, 4.69) is 77.8 Å². The van der Waals surface area contributed by atoms with Gasteiger partial charge in [0.2, 0.25) is 0 Å². The minimum absolute atomic E-state index is 1.03. The SMILES string of the molecule is Cc1cn(-c2ccccc2)cn1.c1ccc(Cc2ccccc2)cc1. The lowest BCUT2D eigenvalue weighted by molar-refractivity contribution is 1.06. The Labute approximate surface area is 149 Å². The molecule has 3 aromatic carbocycles. The zero-order valence-electron chi connectivity index (χ0n) is 14.4. The van der Waals surface area contributed by atoms with Crippen molar-refractivity contribution in [3.05, 3.63) is 120 Å². The Morgan fingerprint density at radius 2 is 1.16 bits per heavy atom. The molecule has 0 spiro atoms. The molecule has 0 N–H and O–H groups in total. The Bertz CT molecular complexity index is 828. The van der Waals surface area contributed by atoms with Gasteiger partial charge in [0.05, 0.1) is 12.0 Å². The van der Waals surface area contributed by atoms with Gasteiger partial charge in [0.25, 0.3) is 0 Å². The number of nitrogens with zero attached hydrogens (tertiary/aromatic N) is 2. The number of aromatic nitrogens is 2. The number of hydrogen-bond acceptors (Lipinski definition) is 1. The van der Waals surface area contributed by atoms with Crippen molar-refractivity contribution in [3.8, 4) is 5.69 Å². The first-order valence-corrected chi connectivity index (χ1v) is 8.45. The molecule has 2 heteroatoms. The Balaban J connectivity index is 0.000000146. The first-order chi connectivity index (χ1) is 12.3. The third-order valence-electron chi connectivity index (χ3n) is 3.86. The van der Waals surface area contributed by atoms with Gasteiger partial charge in [0, 0.05) is 11.9 Å². The summed E-state index contributed by atoms with van der Waals surface area (Å²) in [5.41, 5.74) is 4.93. The fourth-order valence-electron chi connectivity index (χ4n) is 2.59. The number of hydrogen-bond donors (Lipinski definition) is 0. The van der Waals surface area contributed by atoms with E-state index in [4.69, 9.17) is 0 Å². The van der Waals surface area contributed by atoms with Crippen molar-refractivity contribution >= 4 is 0 Å². The lowest BCUT2D eigenvalue weighted by Gasteiger charge is -2.00. The smallest absolute Gasteiger partial charge is 0.0995 e. The molecule has 1 heterocycles. The summed E-state index contributed by atoms with van der Waals surface area (Å²) in [6, 6.07) is 31.2.